The van der Waals surface area contributed by atoms with Crippen LogP contribution in [0.5, 0.6) is 0 Å². The number of hydrogen-bond donors (Lipinski definition) is 1. The van der Waals surface area contributed by atoms with E-state index in [0.717, 1.165) is 29.2 Å². The summed E-state index contributed by atoms with van der Waals surface area (Å²) in [6, 6.07) is 14.4. The molecule has 1 fully saturated rings. The number of hydrogen-bond acceptors (Lipinski definition) is 2. The molecule has 20 heavy (non-hydrogen) atoms. The molecule has 0 atom stereocenters. The predicted molar refractivity (Wildman–Crippen MR) is 81.7 cm³/mol. The second kappa shape index (κ2) is 5.63. The van der Waals surface area contributed by atoms with E-state index in [9.17, 15) is 4.79 Å². The quantitative estimate of drug-likeness (QED) is 0.926. The van der Waals surface area contributed by atoms with Gasteiger partial charge in [-0.15, -0.1) is 0 Å². The van der Waals surface area contributed by atoms with Gasteiger partial charge in [-0.3, -0.25) is 4.79 Å². The van der Waals surface area contributed by atoms with E-state index in [4.69, 9.17) is 5.73 Å². The second-order valence-corrected chi connectivity index (χ2v) is 5.43. The zero-order chi connectivity index (χ0) is 13.9. The Hall–Kier alpha value is -1.87. The van der Waals surface area contributed by atoms with Gasteiger partial charge in [-0.2, -0.15) is 0 Å². The molecule has 0 bridgehead atoms. The maximum absolute atomic E-state index is 12.7. The van der Waals surface area contributed by atoms with Gasteiger partial charge in [-0.1, -0.05) is 30.3 Å². The monoisotopic (exact) mass is 268 g/mol. The van der Waals surface area contributed by atoms with Gasteiger partial charge in [0, 0.05) is 24.7 Å². The lowest BCUT2D eigenvalue weighted by molar-refractivity contribution is 0.0589. The molecule has 1 amide bonds. The van der Waals surface area contributed by atoms with Crippen molar-refractivity contribution >= 4 is 16.7 Å². The summed E-state index contributed by atoms with van der Waals surface area (Å²) >= 11 is 0. The topological polar surface area (TPSA) is 46.3 Å². The summed E-state index contributed by atoms with van der Waals surface area (Å²) < 4.78 is 0. The van der Waals surface area contributed by atoms with Gasteiger partial charge in [-0.05, 0) is 42.2 Å². The number of carbonyl (C=O) groups excluding carboxylic acids is 1. The highest BCUT2D eigenvalue weighted by atomic mass is 16.2. The number of benzene rings is 2. The summed E-state index contributed by atoms with van der Waals surface area (Å²) in [5.41, 5.74) is 6.43. The number of carbonyl (C=O) groups is 1. The van der Waals surface area contributed by atoms with E-state index in [1.807, 2.05) is 41.3 Å². The first-order valence-electron chi connectivity index (χ1n) is 7.29. The van der Waals surface area contributed by atoms with Crippen LogP contribution in [-0.4, -0.2) is 29.9 Å². The number of nitrogens with two attached hydrogens (primary N) is 1. The van der Waals surface area contributed by atoms with Gasteiger partial charge in [0.05, 0.1) is 0 Å². The van der Waals surface area contributed by atoms with Crippen LogP contribution in [0.1, 0.15) is 29.6 Å². The van der Waals surface area contributed by atoms with E-state index in [1.165, 1.54) is 6.42 Å². The first-order chi connectivity index (χ1) is 9.79. The SMILES string of the molecule is NCCN(C(=O)c1ccc2ccccc2c1)C1CCC1. The molecule has 3 heteroatoms. The largest absolute Gasteiger partial charge is 0.334 e. The van der Waals surface area contributed by atoms with Crippen molar-refractivity contribution in [3.05, 3.63) is 48.0 Å². The van der Waals surface area contributed by atoms with E-state index >= 15 is 0 Å². The van der Waals surface area contributed by atoms with Crippen LogP contribution in [0.3, 0.4) is 0 Å². The maximum Gasteiger partial charge on any atom is 0.254 e. The van der Waals surface area contributed by atoms with Crippen LogP contribution in [0.25, 0.3) is 10.8 Å². The van der Waals surface area contributed by atoms with Gasteiger partial charge in [0.15, 0.2) is 0 Å². The van der Waals surface area contributed by atoms with Gasteiger partial charge in [0.1, 0.15) is 0 Å². The van der Waals surface area contributed by atoms with Crippen LogP contribution in [0.15, 0.2) is 42.5 Å². The van der Waals surface area contributed by atoms with Crippen LogP contribution >= 0.6 is 0 Å². The van der Waals surface area contributed by atoms with E-state index in [1.54, 1.807) is 0 Å². The van der Waals surface area contributed by atoms with Crippen molar-refractivity contribution in [1.82, 2.24) is 4.90 Å². The molecule has 0 aliphatic heterocycles. The van der Waals surface area contributed by atoms with Gasteiger partial charge in [0.2, 0.25) is 0 Å². The highest BCUT2D eigenvalue weighted by molar-refractivity contribution is 5.98. The first kappa shape index (κ1) is 13.1. The lowest BCUT2D eigenvalue weighted by Crippen LogP contribution is -2.46. The van der Waals surface area contributed by atoms with E-state index in [2.05, 4.69) is 6.07 Å². The van der Waals surface area contributed by atoms with E-state index in [-0.39, 0.29) is 5.91 Å². The molecule has 0 radical (unpaired) electrons. The second-order valence-electron chi connectivity index (χ2n) is 5.43. The maximum atomic E-state index is 12.7. The molecule has 104 valence electrons. The first-order valence-corrected chi connectivity index (χ1v) is 7.29. The minimum Gasteiger partial charge on any atom is -0.334 e. The summed E-state index contributed by atoms with van der Waals surface area (Å²) in [6.45, 7) is 1.17. The van der Waals surface area contributed by atoms with Crippen molar-refractivity contribution in [2.75, 3.05) is 13.1 Å². The Morgan fingerprint density at radius 1 is 1.15 bits per heavy atom. The zero-order valence-corrected chi connectivity index (χ0v) is 11.6. The highest BCUT2D eigenvalue weighted by Gasteiger charge is 2.28. The van der Waals surface area contributed by atoms with Crippen LogP contribution in [0.2, 0.25) is 0 Å². The van der Waals surface area contributed by atoms with Crippen LogP contribution in [0.4, 0.5) is 0 Å². The Bertz CT molecular complexity index is 619. The third-order valence-corrected chi connectivity index (χ3v) is 4.14. The van der Waals surface area contributed by atoms with Crippen molar-refractivity contribution in [3.8, 4) is 0 Å². The average molecular weight is 268 g/mol. The molecule has 1 saturated carbocycles. The fourth-order valence-electron chi connectivity index (χ4n) is 2.78. The zero-order valence-electron chi connectivity index (χ0n) is 11.6. The van der Waals surface area contributed by atoms with E-state index in [0.29, 0.717) is 19.1 Å². The fourth-order valence-corrected chi connectivity index (χ4v) is 2.78. The molecule has 3 rings (SSSR count). The third kappa shape index (κ3) is 2.41. The summed E-state index contributed by atoms with van der Waals surface area (Å²) in [4.78, 5) is 14.6. The Labute approximate surface area is 119 Å². The summed E-state index contributed by atoms with van der Waals surface area (Å²) in [6.07, 6.45) is 3.44. The summed E-state index contributed by atoms with van der Waals surface area (Å²) in [7, 11) is 0. The van der Waals surface area contributed by atoms with Crippen molar-refractivity contribution in [2.24, 2.45) is 5.73 Å². The summed E-state index contributed by atoms with van der Waals surface area (Å²) in [5, 5.41) is 2.28. The number of rotatable bonds is 4. The van der Waals surface area contributed by atoms with Crippen LogP contribution in [-0.2, 0) is 0 Å². The number of amides is 1. The molecule has 2 aromatic rings. The third-order valence-electron chi connectivity index (χ3n) is 4.14. The normalized spacial score (nSPS) is 15.1. The number of fused-ring (bicyclic) bond motifs is 1. The predicted octanol–water partition coefficient (Wildman–Crippen LogP) is 2.79. The van der Waals surface area contributed by atoms with Gasteiger partial charge < -0.3 is 10.6 Å². The minimum absolute atomic E-state index is 0.117. The lowest BCUT2D eigenvalue weighted by Gasteiger charge is -2.37. The molecular formula is C17H20N2O. The lowest BCUT2D eigenvalue weighted by atomic mass is 9.91. The van der Waals surface area contributed by atoms with Crippen LogP contribution < -0.4 is 5.73 Å². The molecule has 0 saturated heterocycles. The van der Waals surface area contributed by atoms with Crippen molar-refractivity contribution in [1.29, 1.82) is 0 Å². The molecule has 1 aliphatic rings. The average Bonchev–Trinajstić information content (AvgIpc) is 2.43. The van der Waals surface area contributed by atoms with Crippen molar-refractivity contribution < 1.29 is 4.79 Å². The molecule has 0 aromatic heterocycles. The fraction of sp³-hybridized carbons (Fsp3) is 0.353. The Kier molecular flexibility index (Phi) is 3.70. The molecule has 0 unspecified atom stereocenters. The van der Waals surface area contributed by atoms with Gasteiger partial charge >= 0.3 is 0 Å². The smallest absolute Gasteiger partial charge is 0.254 e. The minimum atomic E-state index is 0.117. The number of nitrogens with zero attached hydrogens (tertiary/aromatic N) is 1. The Morgan fingerprint density at radius 2 is 1.90 bits per heavy atom. The molecule has 1 aliphatic carbocycles. The molecule has 3 nitrogen and oxygen atoms in total. The molecule has 2 aromatic carbocycles. The molecule has 2 N–H and O–H groups in total. The van der Waals surface area contributed by atoms with Crippen molar-refractivity contribution in [2.45, 2.75) is 25.3 Å². The van der Waals surface area contributed by atoms with Gasteiger partial charge in [0.25, 0.3) is 5.91 Å². The molecular weight excluding hydrogens is 248 g/mol. The van der Waals surface area contributed by atoms with Crippen LogP contribution in [0, 0.1) is 0 Å². The Balaban J connectivity index is 1.89. The standard InChI is InChI=1S/C17H20N2O/c18-10-11-19(16-6-3-7-16)17(20)15-9-8-13-4-1-2-5-14(13)12-15/h1-2,4-5,8-9,12,16H,3,6-7,10-11,18H2. The Morgan fingerprint density at radius 3 is 2.55 bits per heavy atom. The van der Waals surface area contributed by atoms with Gasteiger partial charge in [-0.25, -0.2) is 0 Å². The highest BCUT2D eigenvalue weighted by Crippen LogP contribution is 2.26. The molecule has 0 spiro atoms. The summed E-state index contributed by atoms with van der Waals surface area (Å²) in [5.74, 6) is 0.117. The van der Waals surface area contributed by atoms with E-state index < -0.39 is 0 Å². The molecule has 0 heterocycles. The van der Waals surface area contributed by atoms with Crippen molar-refractivity contribution in [3.63, 3.8) is 0 Å².